The smallest absolute Gasteiger partial charge is 0.233 e. The third kappa shape index (κ3) is 7.03. The van der Waals surface area contributed by atoms with Crippen LogP contribution in [0.3, 0.4) is 0 Å². The predicted molar refractivity (Wildman–Crippen MR) is 264 cm³/mol. The van der Waals surface area contributed by atoms with E-state index < -0.39 is 0 Å². The van der Waals surface area contributed by atoms with Crippen molar-refractivity contribution in [3.63, 3.8) is 0 Å². The van der Waals surface area contributed by atoms with Gasteiger partial charge in [-0.2, -0.15) is 15.0 Å². The first-order chi connectivity index (χ1) is 31.3. The number of hydrogen-bond donors (Lipinski definition) is 3. The third-order valence-electron chi connectivity index (χ3n) is 19.9. The highest BCUT2D eigenvalue weighted by Crippen LogP contribution is 2.70. The summed E-state index contributed by atoms with van der Waals surface area (Å²) in [5.74, 6) is 3.28. The van der Waals surface area contributed by atoms with Gasteiger partial charge in [-0.3, -0.25) is 0 Å². The fourth-order valence-corrected chi connectivity index (χ4v) is 13.8. The fourth-order valence-electron chi connectivity index (χ4n) is 13.8. The Morgan fingerprint density at radius 2 is 0.712 bits per heavy atom. The number of fused-ring (bicyclic) bond motifs is 6. The molecule has 1 aromatic rings. The Balaban J connectivity index is 0.944. The van der Waals surface area contributed by atoms with E-state index in [-0.39, 0.29) is 50.8 Å². The van der Waals surface area contributed by atoms with Gasteiger partial charge in [0, 0.05) is 71.4 Å². The zero-order valence-electron chi connectivity index (χ0n) is 41.6. The number of anilines is 3. The SMILES string of the molecule is COC1C=C(Nc2nc(NC3=CC(OC)C(=C=C4CC5CCC4(C)C5(C)C)C=C3)nc(NC3=CC(OC)C(=C=C4CC5CCC4(C)C5(C)C)C=C3)n2)C=CC1=C=C1CC2CCC1(C)C2(C)C. The standard InChI is InChI=1S/C57H72N6O3/c1-52(2)37-19-22-55(52,7)40(28-37)25-34-13-16-43(31-46(34)64-10)58-49-61-50(59-44-17-14-35(47(32-44)65-11)26-41-29-38-20-23-56(41,8)53(38,3)4)63-51(62-49)60-45-18-15-36(48(33-45)66-12)27-42-30-39-21-24-57(42,9)54(39,5)6/h13-18,31-33,37-39,46-48H,19-24,28-30H2,1-12H3,(H3,58,59,60,61,62,63). The van der Waals surface area contributed by atoms with Gasteiger partial charge in [-0.15, -0.1) is 17.2 Å². The minimum atomic E-state index is -0.268. The molecule has 1 aromatic heterocycles. The zero-order chi connectivity index (χ0) is 46.6. The van der Waals surface area contributed by atoms with Gasteiger partial charge in [-0.1, -0.05) is 62.3 Å². The van der Waals surface area contributed by atoms with E-state index in [2.05, 4.69) is 150 Å². The van der Waals surface area contributed by atoms with Crippen molar-refractivity contribution in [2.45, 2.75) is 138 Å². The highest BCUT2D eigenvalue weighted by atomic mass is 16.5. The number of rotatable bonds is 9. The van der Waals surface area contributed by atoms with Gasteiger partial charge in [-0.05, 0) is 163 Å². The van der Waals surface area contributed by atoms with Gasteiger partial charge < -0.3 is 30.2 Å². The summed E-state index contributed by atoms with van der Waals surface area (Å²) in [6.45, 7) is 21.9. The molecule has 1 heterocycles. The van der Waals surface area contributed by atoms with E-state index in [1.165, 1.54) is 55.2 Å². The number of nitrogens with zero attached hydrogens (tertiary/aromatic N) is 3. The first-order valence-electron chi connectivity index (χ1n) is 24.7. The molecular formula is C57H72N6O3. The monoisotopic (exact) mass is 889 g/mol. The minimum Gasteiger partial charge on any atom is -0.372 e. The van der Waals surface area contributed by atoms with E-state index in [9.17, 15) is 0 Å². The Kier molecular flexibility index (Phi) is 10.9. The van der Waals surface area contributed by atoms with Gasteiger partial charge in [0.2, 0.25) is 17.8 Å². The Morgan fingerprint density at radius 3 is 0.924 bits per heavy atom. The summed E-state index contributed by atoms with van der Waals surface area (Å²) >= 11 is 0. The lowest BCUT2D eigenvalue weighted by atomic mass is 9.69. The molecule has 9 unspecified atom stereocenters. The number of aromatic nitrogens is 3. The fraction of sp³-hybridized carbons (Fsp3) is 0.579. The first-order valence-corrected chi connectivity index (χ1v) is 24.7. The van der Waals surface area contributed by atoms with E-state index in [4.69, 9.17) is 29.2 Å². The van der Waals surface area contributed by atoms with Crippen LogP contribution >= 0.6 is 0 Å². The van der Waals surface area contributed by atoms with E-state index in [0.29, 0.717) is 35.6 Å². The second kappa shape index (κ2) is 15.9. The lowest BCUT2D eigenvalue weighted by Crippen LogP contribution is -2.28. The van der Waals surface area contributed by atoms with Crippen LogP contribution in [0.5, 0.6) is 0 Å². The van der Waals surface area contributed by atoms with Crippen molar-refractivity contribution < 1.29 is 14.2 Å². The Morgan fingerprint density at radius 1 is 0.439 bits per heavy atom. The van der Waals surface area contributed by atoms with E-state index in [0.717, 1.165) is 53.1 Å². The number of ether oxygens (including phenoxy) is 3. The van der Waals surface area contributed by atoms with Crippen LogP contribution in [0.4, 0.5) is 17.8 Å². The molecule has 9 heteroatoms. The van der Waals surface area contributed by atoms with Crippen LogP contribution in [0, 0.1) is 50.2 Å². The molecule has 0 amide bonds. The molecule has 10 rings (SSSR count). The molecule has 6 fully saturated rings. The van der Waals surface area contributed by atoms with E-state index >= 15 is 0 Å². The van der Waals surface area contributed by atoms with Crippen molar-refractivity contribution in [1.29, 1.82) is 0 Å². The van der Waals surface area contributed by atoms with Crippen molar-refractivity contribution in [2.75, 3.05) is 37.3 Å². The quantitative estimate of drug-likeness (QED) is 0.209. The molecule has 0 saturated heterocycles. The van der Waals surface area contributed by atoms with Crippen LogP contribution in [0.15, 0.2) is 122 Å². The molecule has 6 bridgehead atoms. The lowest BCUT2D eigenvalue weighted by Gasteiger charge is -2.35. The molecule has 66 heavy (non-hydrogen) atoms. The zero-order valence-corrected chi connectivity index (χ0v) is 41.6. The third-order valence-corrected chi connectivity index (χ3v) is 19.9. The number of allylic oxidation sites excluding steroid dienone is 3. The van der Waals surface area contributed by atoms with Gasteiger partial charge in [-0.25, -0.2) is 0 Å². The summed E-state index contributed by atoms with van der Waals surface area (Å²) in [4.78, 5) is 14.7. The van der Waals surface area contributed by atoms with Gasteiger partial charge in [0.15, 0.2) is 0 Å². The van der Waals surface area contributed by atoms with Crippen LogP contribution in [0.1, 0.15) is 120 Å². The molecule has 0 aliphatic heterocycles. The van der Waals surface area contributed by atoms with Crippen molar-refractivity contribution in [3.8, 4) is 0 Å². The Labute approximate surface area is 393 Å². The Bertz CT molecular complexity index is 2350. The molecule has 9 nitrogen and oxygen atoms in total. The molecule has 0 spiro atoms. The first kappa shape index (κ1) is 45.1. The molecule has 9 aliphatic carbocycles. The maximum Gasteiger partial charge on any atom is 0.233 e. The maximum absolute atomic E-state index is 6.07. The number of hydrogen-bond acceptors (Lipinski definition) is 9. The maximum atomic E-state index is 6.07. The van der Waals surface area contributed by atoms with Gasteiger partial charge in [0.25, 0.3) is 0 Å². The molecule has 9 atom stereocenters. The summed E-state index contributed by atoms with van der Waals surface area (Å²) in [5.41, 5.74) is 22.8. The average Bonchev–Trinajstić information content (AvgIpc) is 3.93. The topological polar surface area (TPSA) is 102 Å². The largest absolute Gasteiger partial charge is 0.372 e. The second-order valence-electron chi connectivity index (χ2n) is 23.2. The van der Waals surface area contributed by atoms with Crippen LogP contribution in [0.25, 0.3) is 0 Å². The van der Waals surface area contributed by atoms with Gasteiger partial charge in [0.1, 0.15) is 18.3 Å². The molecule has 348 valence electrons. The molecular weight excluding hydrogens is 817 g/mol. The van der Waals surface area contributed by atoms with Crippen LogP contribution in [0.2, 0.25) is 0 Å². The summed E-state index contributed by atoms with van der Waals surface area (Å²) in [5, 5.41) is 10.5. The summed E-state index contributed by atoms with van der Waals surface area (Å²) < 4.78 is 18.2. The Hall–Kier alpha value is -4.71. The molecule has 3 N–H and O–H groups in total. The molecule has 0 radical (unpaired) electrons. The second-order valence-corrected chi connectivity index (χ2v) is 23.2. The summed E-state index contributed by atoms with van der Waals surface area (Å²) in [7, 11) is 5.27. The number of methoxy groups -OCH3 is 3. The average molecular weight is 889 g/mol. The van der Waals surface area contributed by atoms with E-state index in [1.54, 1.807) is 21.3 Å². The lowest BCUT2D eigenvalue weighted by molar-refractivity contribution is 0.169. The van der Waals surface area contributed by atoms with E-state index in [1.807, 2.05) is 0 Å². The normalized spacial score (nSPS) is 36.1. The highest BCUT2D eigenvalue weighted by Gasteiger charge is 2.61. The minimum absolute atomic E-state index is 0.162. The van der Waals surface area contributed by atoms with Crippen LogP contribution < -0.4 is 16.0 Å². The highest BCUT2D eigenvalue weighted by molar-refractivity contribution is 5.57. The van der Waals surface area contributed by atoms with Crippen molar-refractivity contribution in [2.24, 2.45) is 50.2 Å². The van der Waals surface area contributed by atoms with Gasteiger partial charge >= 0.3 is 0 Å². The number of nitrogens with one attached hydrogen (secondary N) is 3. The van der Waals surface area contributed by atoms with Crippen molar-refractivity contribution >= 4 is 17.8 Å². The predicted octanol–water partition coefficient (Wildman–Crippen LogP) is 12.4. The molecule has 0 aromatic carbocycles. The molecule has 9 aliphatic rings. The van der Waals surface area contributed by atoms with Crippen molar-refractivity contribution in [1.82, 2.24) is 15.0 Å². The van der Waals surface area contributed by atoms with Gasteiger partial charge in [0.05, 0.1) is 0 Å². The van der Waals surface area contributed by atoms with Crippen molar-refractivity contribution in [3.05, 3.63) is 122 Å². The molecule has 6 saturated carbocycles. The summed E-state index contributed by atoms with van der Waals surface area (Å²) in [6, 6.07) is 0. The van der Waals surface area contributed by atoms with Crippen LogP contribution in [-0.4, -0.2) is 54.6 Å². The van der Waals surface area contributed by atoms with Crippen LogP contribution in [-0.2, 0) is 14.2 Å². The summed E-state index contributed by atoms with van der Waals surface area (Å²) in [6.07, 6.45) is 28.9.